The van der Waals surface area contributed by atoms with Gasteiger partial charge in [0.05, 0.1) is 7.11 Å². The van der Waals surface area contributed by atoms with E-state index in [9.17, 15) is 5.26 Å². The van der Waals surface area contributed by atoms with Crippen molar-refractivity contribution in [2.45, 2.75) is 31.8 Å². The van der Waals surface area contributed by atoms with E-state index in [4.69, 9.17) is 10.5 Å². The number of nitrogens with one attached hydrogen (secondary N) is 2. The third-order valence-electron chi connectivity index (χ3n) is 4.26. The number of methoxy groups -OCH3 is 1. The zero-order valence-electron chi connectivity index (χ0n) is 13.7. The molecule has 8 nitrogen and oxygen atoms in total. The predicted molar refractivity (Wildman–Crippen MR) is 88.9 cm³/mol. The van der Waals surface area contributed by atoms with Gasteiger partial charge in [0.1, 0.15) is 17.5 Å². The average Bonchev–Trinajstić information content (AvgIpc) is 2.93. The summed E-state index contributed by atoms with van der Waals surface area (Å²) < 4.78 is 4.98. The van der Waals surface area contributed by atoms with Gasteiger partial charge in [-0.1, -0.05) is 0 Å². The number of hydrogen-bond donors (Lipinski definition) is 3. The first-order chi connectivity index (χ1) is 11.5. The predicted octanol–water partition coefficient (Wildman–Crippen LogP) is 0.969. The first kappa shape index (κ1) is 16.1. The summed E-state index contributed by atoms with van der Waals surface area (Å²) in [6.45, 7) is 4.15. The van der Waals surface area contributed by atoms with Gasteiger partial charge in [-0.25, -0.2) is 15.0 Å². The van der Waals surface area contributed by atoms with Gasteiger partial charge in [-0.2, -0.15) is 5.26 Å². The van der Waals surface area contributed by atoms with Crippen molar-refractivity contribution in [3.05, 3.63) is 29.7 Å². The molecule has 0 spiro atoms. The number of nitrogens with two attached hydrogens (primary N) is 1. The van der Waals surface area contributed by atoms with Crippen LogP contribution in [0.3, 0.4) is 0 Å². The highest BCUT2D eigenvalue weighted by Gasteiger charge is 2.33. The van der Waals surface area contributed by atoms with Gasteiger partial charge < -0.3 is 10.5 Å². The van der Waals surface area contributed by atoms with Crippen molar-refractivity contribution in [1.82, 2.24) is 25.8 Å². The molecular formula is C16H19N7O. The van der Waals surface area contributed by atoms with Gasteiger partial charge in [-0.05, 0) is 19.9 Å². The van der Waals surface area contributed by atoms with Crippen LogP contribution in [0, 0.1) is 11.3 Å². The highest BCUT2D eigenvalue weighted by Crippen LogP contribution is 2.33. The molecule has 0 bridgehead atoms. The Hall–Kier alpha value is -2.76. The van der Waals surface area contributed by atoms with E-state index < -0.39 is 0 Å². The van der Waals surface area contributed by atoms with Crippen LogP contribution in [0.4, 0.5) is 5.82 Å². The zero-order valence-corrected chi connectivity index (χ0v) is 13.7. The van der Waals surface area contributed by atoms with E-state index in [1.165, 1.54) is 7.11 Å². The normalized spacial score (nSPS) is 23.0. The Kier molecular flexibility index (Phi) is 4.29. The van der Waals surface area contributed by atoms with Crippen molar-refractivity contribution < 1.29 is 4.74 Å². The minimum Gasteiger partial charge on any atom is -0.467 e. The minimum absolute atomic E-state index is 0.137. The molecule has 3 heterocycles. The number of nitrogens with zero attached hydrogens (tertiary/aromatic N) is 4. The second-order valence-electron chi connectivity index (χ2n) is 5.82. The molecule has 0 radical (unpaired) electrons. The summed E-state index contributed by atoms with van der Waals surface area (Å²) in [7, 11) is 1.50. The number of ether oxygens (including phenoxy) is 1. The smallest absolute Gasteiger partial charge is 0.316 e. The standard InChI is InChI=1S/C16H19N7O/c1-8-14(9(2)23-22-8)13-4-11(12(5-17)15(18)21-13)10-6-19-16(24-3)20-7-10/h4,6-9,14,22-23H,1-3H3,(H2,18,21). The number of hydrogen-bond acceptors (Lipinski definition) is 8. The molecular weight excluding hydrogens is 306 g/mol. The zero-order chi connectivity index (χ0) is 17.3. The number of hydrazine groups is 1. The first-order valence-electron chi connectivity index (χ1n) is 7.63. The summed E-state index contributed by atoms with van der Waals surface area (Å²) in [5, 5.41) is 9.46. The summed E-state index contributed by atoms with van der Waals surface area (Å²) >= 11 is 0. The van der Waals surface area contributed by atoms with Crippen molar-refractivity contribution in [2.24, 2.45) is 0 Å². The quantitative estimate of drug-likeness (QED) is 0.763. The molecule has 2 unspecified atom stereocenters. The number of anilines is 1. The van der Waals surface area contributed by atoms with Crippen LogP contribution in [0.2, 0.25) is 0 Å². The van der Waals surface area contributed by atoms with Gasteiger partial charge >= 0.3 is 6.01 Å². The van der Waals surface area contributed by atoms with Crippen LogP contribution in [-0.2, 0) is 0 Å². The Balaban J connectivity index is 2.11. The molecule has 4 N–H and O–H groups in total. The maximum absolute atomic E-state index is 9.46. The fourth-order valence-electron chi connectivity index (χ4n) is 3.05. The maximum Gasteiger partial charge on any atom is 0.316 e. The lowest BCUT2D eigenvalue weighted by Gasteiger charge is -2.19. The Morgan fingerprint density at radius 3 is 2.38 bits per heavy atom. The second kappa shape index (κ2) is 6.39. The minimum atomic E-state index is 0.137. The van der Waals surface area contributed by atoms with Crippen LogP contribution in [0.15, 0.2) is 18.5 Å². The fourth-order valence-corrected chi connectivity index (χ4v) is 3.05. The molecule has 2 aromatic heterocycles. The average molecular weight is 325 g/mol. The Labute approximate surface area is 140 Å². The van der Waals surface area contributed by atoms with Crippen LogP contribution in [-0.4, -0.2) is 34.1 Å². The molecule has 8 heteroatoms. The molecule has 0 saturated carbocycles. The van der Waals surface area contributed by atoms with Gasteiger partial charge in [0.25, 0.3) is 0 Å². The van der Waals surface area contributed by atoms with E-state index in [0.717, 1.165) is 5.69 Å². The third kappa shape index (κ3) is 2.75. The SMILES string of the molecule is COc1ncc(-c2cc(C3C(C)NNC3C)nc(N)c2C#N)cn1. The highest BCUT2D eigenvalue weighted by atomic mass is 16.5. The molecule has 1 fully saturated rings. The van der Waals surface area contributed by atoms with Crippen LogP contribution >= 0.6 is 0 Å². The molecule has 0 amide bonds. The molecule has 0 aromatic carbocycles. The molecule has 3 rings (SSSR count). The molecule has 0 aliphatic carbocycles. The molecule has 24 heavy (non-hydrogen) atoms. The lowest BCUT2D eigenvalue weighted by molar-refractivity contribution is 0.380. The van der Waals surface area contributed by atoms with Crippen molar-refractivity contribution >= 4 is 5.82 Å². The topological polar surface area (TPSA) is 122 Å². The molecule has 1 saturated heterocycles. The summed E-state index contributed by atoms with van der Waals surface area (Å²) in [5.74, 6) is 0.352. The summed E-state index contributed by atoms with van der Waals surface area (Å²) in [6, 6.07) is 4.68. The molecule has 1 aliphatic heterocycles. The Bertz CT molecular complexity index is 774. The van der Waals surface area contributed by atoms with Gasteiger partial charge in [0, 0.05) is 47.2 Å². The van der Waals surface area contributed by atoms with Gasteiger partial charge in [0.15, 0.2) is 0 Å². The molecule has 2 aromatic rings. The molecule has 124 valence electrons. The van der Waals surface area contributed by atoms with Crippen molar-refractivity contribution in [3.63, 3.8) is 0 Å². The fraction of sp³-hybridized carbons (Fsp3) is 0.375. The summed E-state index contributed by atoms with van der Waals surface area (Å²) in [6.07, 6.45) is 3.23. The second-order valence-corrected chi connectivity index (χ2v) is 5.82. The van der Waals surface area contributed by atoms with Crippen LogP contribution < -0.4 is 21.3 Å². The van der Waals surface area contributed by atoms with E-state index in [-0.39, 0.29) is 29.8 Å². The molecule has 1 aliphatic rings. The monoisotopic (exact) mass is 325 g/mol. The number of nitrogen functional groups attached to an aromatic ring is 1. The Morgan fingerprint density at radius 1 is 1.21 bits per heavy atom. The van der Waals surface area contributed by atoms with Gasteiger partial charge in [-0.15, -0.1) is 0 Å². The van der Waals surface area contributed by atoms with Crippen LogP contribution in [0.1, 0.15) is 31.0 Å². The van der Waals surface area contributed by atoms with Gasteiger partial charge in [0.2, 0.25) is 0 Å². The van der Waals surface area contributed by atoms with E-state index in [2.05, 4.69) is 45.7 Å². The highest BCUT2D eigenvalue weighted by molar-refractivity contribution is 5.75. The lowest BCUT2D eigenvalue weighted by atomic mass is 9.90. The number of aromatic nitrogens is 3. The summed E-state index contributed by atoms with van der Waals surface area (Å²) in [5.41, 5.74) is 15.0. The van der Waals surface area contributed by atoms with Crippen LogP contribution in [0.5, 0.6) is 6.01 Å². The molecule has 2 atom stereocenters. The van der Waals surface area contributed by atoms with E-state index in [1.54, 1.807) is 12.4 Å². The number of pyridine rings is 1. The third-order valence-corrected chi connectivity index (χ3v) is 4.26. The maximum atomic E-state index is 9.46. The number of nitriles is 1. The van der Waals surface area contributed by atoms with Gasteiger partial charge in [-0.3, -0.25) is 10.9 Å². The van der Waals surface area contributed by atoms with Crippen LogP contribution in [0.25, 0.3) is 11.1 Å². The van der Waals surface area contributed by atoms with E-state index in [0.29, 0.717) is 16.7 Å². The summed E-state index contributed by atoms with van der Waals surface area (Å²) in [4.78, 5) is 12.7. The lowest BCUT2D eigenvalue weighted by Crippen LogP contribution is -2.30. The van der Waals surface area contributed by atoms with Crippen molar-refractivity contribution in [1.29, 1.82) is 5.26 Å². The van der Waals surface area contributed by atoms with Crippen molar-refractivity contribution in [3.8, 4) is 23.2 Å². The first-order valence-corrected chi connectivity index (χ1v) is 7.63. The van der Waals surface area contributed by atoms with E-state index >= 15 is 0 Å². The number of rotatable bonds is 3. The van der Waals surface area contributed by atoms with Crippen molar-refractivity contribution in [2.75, 3.05) is 12.8 Å². The Morgan fingerprint density at radius 2 is 1.83 bits per heavy atom. The largest absolute Gasteiger partial charge is 0.467 e. The van der Waals surface area contributed by atoms with E-state index in [1.807, 2.05) is 6.07 Å².